The Morgan fingerprint density at radius 3 is 2.64 bits per heavy atom. The van der Waals surface area contributed by atoms with Gasteiger partial charge in [-0.25, -0.2) is 9.97 Å². The number of nitrogens with zero attached hydrogens (tertiary/aromatic N) is 3. The van der Waals surface area contributed by atoms with Gasteiger partial charge in [-0.1, -0.05) is 42.5 Å². The van der Waals surface area contributed by atoms with Gasteiger partial charge >= 0.3 is 0 Å². The smallest absolute Gasteiger partial charge is 0.254 e. The number of aliphatic hydroxyl groups excluding tert-OH is 1. The zero-order valence-electron chi connectivity index (χ0n) is 15.9. The van der Waals surface area contributed by atoms with Crippen LogP contribution < -0.4 is 0 Å². The third-order valence-corrected chi connectivity index (χ3v) is 5.14. The number of hydrogen-bond donors (Lipinski definition) is 1. The van der Waals surface area contributed by atoms with E-state index in [0.29, 0.717) is 17.9 Å². The molecule has 3 aromatic rings. The lowest BCUT2D eigenvalue weighted by Crippen LogP contribution is -2.37. The Labute approximate surface area is 164 Å². The van der Waals surface area contributed by atoms with Crippen LogP contribution in [0.5, 0.6) is 0 Å². The van der Waals surface area contributed by atoms with Crippen LogP contribution in [-0.4, -0.2) is 45.1 Å². The van der Waals surface area contributed by atoms with Crippen molar-refractivity contribution in [2.45, 2.75) is 25.8 Å². The molecule has 1 aliphatic rings. The van der Waals surface area contributed by atoms with Gasteiger partial charge in [0.15, 0.2) is 5.82 Å². The average molecular weight is 373 g/mol. The number of carbonyl (C=O) groups is 1. The highest BCUT2D eigenvalue weighted by Gasteiger charge is 2.28. The predicted molar refractivity (Wildman–Crippen MR) is 109 cm³/mol. The van der Waals surface area contributed by atoms with Crippen LogP contribution in [0.2, 0.25) is 0 Å². The standard InChI is InChI=1S/C23H23N3O2/c1-16-13-21(25-22(24-16)17-7-3-2-4-8-17)18-9-5-10-19(14-18)23(28)26-12-6-11-20(26)15-27/h2-5,7-10,13-14,20,27H,6,11-12,15H2,1H3/t20-/m0/s1. The molecule has 142 valence electrons. The fraction of sp³-hybridized carbons (Fsp3) is 0.261. The maximum Gasteiger partial charge on any atom is 0.254 e. The molecule has 1 aromatic heterocycles. The monoisotopic (exact) mass is 373 g/mol. The zero-order valence-corrected chi connectivity index (χ0v) is 15.9. The first-order valence-electron chi connectivity index (χ1n) is 9.59. The molecule has 5 nitrogen and oxygen atoms in total. The van der Waals surface area contributed by atoms with E-state index >= 15 is 0 Å². The second kappa shape index (κ2) is 7.90. The molecular formula is C23H23N3O2. The SMILES string of the molecule is Cc1cc(-c2cccc(C(=O)N3CCC[C@H]3CO)c2)nc(-c2ccccc2)n1. The summed E-state index contributed by atoms with van der Waals surface area (Å²) < 4.78 is 0. The molecule has 1 amide bonds. The molecule has 1 saturated heterocycles. The number of likely N-dealkylation sites (tertiary alicyclic amines) is 1. The van der Waals surface area contributed by atoms with Gasteiger partial charge in [-0.05, 0) is 38.0 Å². The van der Waals surface area contributed by atoms with E-state index in [9.17, 15) is 9.90 Å². The molecule has 0 bridgehead atoms. The minimum atomic E-state index is -0.0814. The topological polar surface area (TPSA) is 66.3 Å². The van der Waals surface area contributed by atoms with Crippen LogP contribution in [0.1, 0.15) is 28.9 Å². The molecule has 4 rings (SSSR count). The van der Waals surface area contributed by atoms with Crippen molar-refractivity contribution >= 4 is 5.91 Å². The first kappa shape index (κ1) is 18.3. The van der Waals surface area contributed by atoms with Gasteiger partial charge in [0.2, 0.25) is 0 Å². The Hall–Kier alpha value is -3.05. The molecule has 1 fully saturated rings. The van der Waals surface area contributed by atoms with E-state index in [1.165, 1.54) is 0 Å². The van der Waals surface area contributed by atoms with Gasteiger partial charge in [-0.15, -0.1) is 0 Å². The fourth-order valence-electron chi connectivity index (χ4n) is 3.70. The van der Waals surface area contributed by atoms with Crippen LogP contribution in [0.25, 0.3) is 22.6 Å². The number of benzene rings is 2. The average Bonchev–Trinajstić information content (AvgIpc) is 3.22. The quantitative estimate of drug-likeness (QED) is 0.757. The number of amides is 1. The maximum absolute atomic E-state index is 12.9. The Morgan fingerprint density at radius 1 is 1.07 bits per heavy atom. The number of aryl methyl sites for hydroxylation is 1. The summed E-state index contributed by atoms with van der Waals surface area (Å²) in [5.41, 5.74) is 4.13. The Bertz CT molecular complexity index is 988. The van der Waals surface area contributed by atoms with E-state index in [1.54, 1.807) is 4.90 Å². The van der Waals surface area contributed by atoms with Crippen molar-refractivity contribution in [3.8, 4) is 22.6 Å². The normalized spacial score (nSPS) is 16.4. The number of carbonyl (C=O) groups excluding carboxylic acids is 1. The highest BCUT2D eigenvalue weighted by atomic mass is 16.3. The second-order valence-electron chi connectivity index (χ2n) is 7.14. The number of aliphatic hydroxyl groups is 1. The van der Waals surface area contributed by atoms with Gasteiger partial charge in [0.1, 0.15) is 0 Å². The summed E-state index contributed by atoms with van der Waals surface area (Å²) in [6, 6.07) is 19.3. The molecule has 0 aliphatic carbocycles. The van der Waals surface area contributed by atoms with Crippen LogP contribution in [0.15, 0.2) is 60.7 Å². The Morgan fingerprint density at radius 2 is 1.86 bits per heavy atom. The summed E-state index contributed by atoms with van der Waals surface area (Å²) in [5, 5.41) is 9.52. The van der Waals surface area contributed by atoms with E-state index in [4.69, 9.17) is 4.98 Å². The van der Waals surface area contributed by atoms with Crippen molar-refractivity contribution in [1.82, 2.24) is 14.9 Å². The molecule has 5 heteroatoms. The summed E-state index contributed by atoms with van der Waals surface area (Å²) >= 11 is 0. The first-order chi connectivity index (χ1) is 13.7. The number of hydrogen-bond acceptors (Lipinski definition) is 4. The van der Waals surface area contributed by atoms with Crippen LogP contribution in [-0.2, 0) is 0 Å². The molecule has 0 radical (unpaired) electrons. The van der Waals surface area contributed by atoms with Crippen LogP contribution in [0, 0.1) is 6.92 Å². The molecule has 2 aromatic carbocycles. The van der Waals surface area contributed by atoms with E-state index in [1.807, 2.05) is 67.6 Å². The van der Waals surface area contributed by atoms with E-state index in [2.05, 4.69) is 4.98 Å². The maximum atomic E-state index is 12.9. The highest BCUT2D eigenvalue weighted by molar-refractivity contribution is 5.95. The van der Waals surface area contributed by atoms with E-state index in [-0.39, 0.29) is 18.6 Å². The number of aromatic nitrogens is 2. The molecule has 0 unspecified atom stereocenters. The Kier molecular flexibility index (Phi) is 5.17. The minimum absolute atomic E-state index is 0.0109. The third-order valence-electron chi connectivity index (χ3n) is 5.14. The van der Waals surface area contributed by atoms with Gasteiger partial charge in [0, 0.05) is 28.9 Å². The fourth-order valence-corrected chi connectivity index (χ4v) is 3.70. The molecule has 2 heterocycles. The van der Waals surface area contributed by atoms with Gasteiger partial charge in [0.25, 0.3) is 5.91 Å². The lowest BCUT2D eigenvalue weighted by molar-refractivity contribution is 0.0677. The lowest BCUT2D eigenvalue weighted by atomic mass is 10.1. The van der Waals surface area contributed by atoms with Crippen LogP contribution in [0.3, 0.4) is 0 Å². The van der Waals surface area contributed by atoms with Crippen LogP contribution >= 0.6 is 0 Å². The van der Waals surface area contributed by atoms with Gasteiger partial charge in [0.05, 0.1) is 18.3 Å². The van der Waals surface area contributed by atoms with Crippen LogP contribution in [0.4, 0.5) is 0 Å². The summed E-state index contributed by atoms with van der Waals surface area (Å²) in [5.74, 6) is 0.639. The first-order valence-corrected chi connectivity index (χ1v) is 9.59. The lowest BCUT2D eigenvalue weighted by Gasteiger charge is -2.23. The second-order valence-corrected chi connectivity index (χ2v) is 7.14. The van der Waals surface area contributed by atoms with Crippen molar-refractivity contribution in [3.63, 3.8) is 0 Å². The molecule has 1 aliphatic heterocycles. The molecule has 1 atom stereocenters. The van der Waals surface area contributed by atoms with Crippen molar-refractivity contribution in [3.05, 3.63) is 71.9 Å². The summed E-state index contributed by atoms with van der Waals surface area (Å²) in [6.07, 6.45) is 1.79. The molecular weight excluding hydrogens is 350 g/mol. The summed E-state index contributed by atoms with van der Waals surface area (Å²) in [6.45, 7) is 2.65. The number of rotatable bonds is 4. The minimum Gasteiger partial charge on any atom is -0.394 e. The molecule has 28 heavy (non-hydrogen) atoms. The van der Waals surface area contributed by atoms with Crippen molar-refractivity contribution in [2.24, 2.45) is 0 Å². The van der Waals surface area contributed by atoms with Gasteiger partial charge in [-0.2, -0.15) is 0 Å². The molecule has 0 spiro atoms. The van der Waals surface area contributed by atoms with Gasteiger partial charge < -0.3 is 10.0 Å². The molecule has 0 saturated carbocycles. The zero-order chi connectivity index (χ0) is 19.5. The van der Waals surface area contributed by atoms with Crippen molar-refractivity contribution in [2.75, 3.05) is 13.2 Å². The summed E-state index contributed by atoms with van der Waals surface area (Å²) in [4.78, 5) is 24.0. The molecule has 1 N–H and O–H groups in total. The predicted octanol–water partition coefficient (Wildman–Crippen LogP) is 3.72. The van der Waals surface area contributed by atoms with Crippen molar-refractivity contribution in [1.29, 1.82) is 0 Å². The van der Waals surface area contributed by atoms with Crippen molar-refractivity contribution < 1.29 is 9.90 Å². The Balaban J connectivity index is 1.68. The largest absolute Gasteiger partial charge is 0.394 e. The third kappa shape index (κ3) is 3.66. The summed E-state index contributed by atoms with van der Waals surface area (Å²) in [7, 11) is 0. The van der Waals surface area contributed by atoms with E-state index < -0.39 is 0 Å². The van der Waals surface area contributed by atoms with Gasteiger partial charge in [-0.3, -0.25) is 4.79 Å². The van der Waals surface area contributed by atoms with E-state index in [0.717, 1.165) is 35.4 Å². The highest BCUT2D eigenvalue weighted by Crippen LogP contribution is 2.25.